The van der Waals surface area contributed by atoms with Crippen molar-refractivity contribution in [3.05, 3.63) is 28.2 Å². The number of nitrogens with one attached hydrogen (secondary N) is 1. The lowest BCUT2D eigenvalue weighted by Crippen LogP contribution is -2.14. The molecule has 0 amide bonds. The van der Waals surface area contributed by atoms with Gasteiger partial charge in [-0.05, 0) is 25.0 Å². The minimum Gasteiger partial charge on any atom is -0.493 e. The first-order chi connectivity index (χ1) is 10.2. The van der Waals surface area contributed by atoms with Gasteiger partial charge in [-0.3, -0.25) is 0 Å². The first-order valence-electron chi connectivity index (χ1n) is 6.81. The van der Waals surface area contributed by atoms with Gasteiger partial charge in [0.2, 0.25) is 0 Å². The van der Waals surface area contributed by atoms with Gasteiger partial charge in [-0.25, -0.2) is 4.98 Å². The van der Waals surface area contributed by atoms with Crippen molar-refractivity contribution < 1.29 is 9.47 Å². The molecule has 1 aliphatic carbocycles. The van der Waals surface area contributed by atoms with Crippen LogP contribution in [-0.2, 0) is 6.54 Å². The molecule has 1 N–H and O–H groups in total. The number of rotatable bonds is 6. The molecule has 1 aliphatic rings. The van der Waals surface area contributed by atoms with Crippen LogP contribution in [0.5, 0.6) is 11.5 Å². The molecule has 3 rings (SSSR count). The van der Waals surface area contributed by atoms with E-state index in [9.17, 15) is 0 Å². The zero-order valence-corrected chi connectivity index (χ0v) is 13.6. The van der Waals surface area contributed by atoms with E-state index in [2.05, 4.69) is 10.3 Å². The van der Waals surface area contributed by atoms with Gasteiger partial charge in [0.25, 0.3) is 0 Å². The number of hydrogen-bond acceptors (Lipinski definition) is 5. The summed E-state index contributed by atoms with van der Waals surface area (Å²) in [5, 5.41) is 4.95. The van der Waals surface area contributed by atoms with Gasteiger partial charge in [0, 0.05) is 29.2 Å². The zero-order valence-electron chi connectivity index (χ0n) is 12.0. The van der Waals surface area contributed by atoms with Gasteiger partial charge < -0.3 is 14.8 Å². The van der Waals surface area contributed by atoms with Crippen LogP contribution in [0, 0.1) is 0 Å². The second-order valence-electron chi connectivity index (χ2n) is 4.98. The highest BCUT2D eigenvalue weighted by Gasteiger charge is 2.20. The Morgan fingerprint density at radius 1 is 1.33 bits per heavy atom. The first kappa shape index (κ1) is 14.6. The third kappa shape index (κ3) is 3.31. The highest BCUT2D eigenvalue weighted by molar-refractivity contribution is 7.15. The van der Waals surface area contributed by atoms with Gasteiger partial charge in [0.15, 0.2) is 11.5 Å². The number of nitrogens with zero attached hydrogens (tertiary/aromatic N) is 1. The minimum atomic E-state index is 0.528. The SMILES string of the molecule is COc1cc(-c2ncc(CNC3CC3)s2)cc(Cl)c1OC. The molecule has 0 unspecified atom stereocenters. The van der Waals surface area contributed by atoms with Gasteiger partial charge in [-0.2, -0.15) is 0 Å². The lowest BCUT2D eigenvalue weighted by atomic mass is 10.2. The Labute approximate surface area is 133 Å². The molecule has 1 aromatic carbocycles. The molecule has 1 saturated carbocycles. The van der Waals surface area contributed by atoms with E-state index in [4.69, 9.17) is 21.1 Å². The number of thiazole rings is 1. The monoisotopic (exact) mass is 324 g/mol. The van der Waals surface area contributed by atoms with Gasteiger partial charge in [-0.15, -0.1) is 11.3 Å². The summed E-state index contributed by atoms with van der Waals surface area (Å²) in [5.74, 6) is 1.17. The van der Waals surface area contributed by atoms with Crippen LogP contribution in [0.1, 0.15) is 17.7 Å². The van der Waals surface area contributed by atoms with Crippen molar-refractivity contribution in [3.63, 3.8) is 0 Å². The van der Waals surface area contributed by atoms with E-state index in [1.54, 1.807) is 25.6 Å². The Hall–Kier alpha value is -1.30. The quantitative estimate of drug-likeness (QED) is 0.879. The molecule has 0 atom stereocenters. The molecule has 0 bridgehead atoms. The van der Waals surface area contributed by atoms with Gasteiger partial charge >= 0.3 is 0 Å². The summed E-state index contributed by atoms with van der Waals surface area (Å²) in [5.41, 5.74) is 0.945. The summed E-state index contributed by atoms with van der Waals surface area (Å²) in [7, 11) is 3.18. The molecule has 21 heavy (non-hydrogen) atoms. The molecule has 0 radical (unpaired) electrons. The van der Waals surface area contributed by atoms with E-state index in [1.807, 2.05) is 18.3 Å². The van der Waals surface area contributed by atoms with Crippen molar-refractivity contribution in [1.82, 2.24) is 10.3 Å². The van der Waals surface area contributed by atoms with Crippen molar-refractivity contribution in [2.45, 2.75) is 25.4 Å². The number of aromatic nitrogens is 1. The van der Waals surface area contributed by atoms with Crippen molar-refractivity contribution >= 4 is 22.9 Å². The maximum Gasteiger partial charge on any atom is 0.179 e. The Kier molecular flexibility index (Phi) is 4.33. The van der Waals surface area contributed by atoms with Gasteiger partial charge in [0.1, 0.15) is 5.01 Å². The summed E-state index contributed by atoms with van der Waals surface area (Å²) in [6.45, 7) is 0.878. The summed E-state index contributed by atoms with van der Waals surface area (Å²) >= 11 is 7.91. The van der Waals surface area contributed by atoms with E-state index >= 15 is 0 Å². The Balaban J connectivity index is 1.83. The maximum atomic E-state index is 6.24. The van der Waals surface area contributed by atoms with Crippen LogP contribution in [0.3, 0.4) is 0 Å². The zero-order chi connectivity index (χ0) is 14.8. The number of benzene rings is 1. The summed E-state index contributed by atoms with van der Waals surface area (Å²) in [4.78, 5) is 5.71. The predicted octanol–water partition coefficient (Wildman–Crippen LogP) is 3.73. The average Bonchev–Trinajstić information content (AvgIpc) is 3.20. The molecular weight excluding hydrogens is 308 g/mol. The van der Waals surface area contributed by atoms with Crippen molar-refractivity contribution in [3.8, 4) is 22.1 Å². The first-order valence-corrected chi connectivity index (χ1v) is 8.00. The van der Waals surface area contributed by atoms with Crippen LogP contribution in [0.15, 0.2) is 18.3 Å². The third-order valence-electron chi connectivity index (χ3n) is 3.38. The highest BCUT2D eigenvalue weighted by atomic mass is 35.5. The van der Waals surface area contributed by atoms with Gasteiger partial charge in [0.05, 0.1) is 19.2 Å². The summed E-state index contributed by atoms with van der Waals surface area (Å²) in [6, 6.07) is 4.47. The minimum absolute atomic E-state index is 0.528. The van der Waals surface area contributed by atoms with E-state index in [-0.39, 0.29) is 0 Å². The number of methoxy groups -OCH3 is 2. The molecule has 0 saturated heterocycles. The fourth-order valence-corrected chi connectivity index (χ4v) is 3.23. The van der Waals surface area contributed by atoms with E-state index in [0.29, 0.717) is 22.6 Å². The van der Waals surface area contributed by atoms with Crippen LogP contribution in [0.25, 0.3) is 10.6 Å². The Bertz CT molecular complexity index is 641. The van der Waals surface area contributed by atoms with Crippen LogP contribution in [0.4, 0.5) is 0 Å². The average molecular weight is 325 g/mol. The molecular formula is C15H17ClN2O2S. The largest absolute Gasteiger partial charge is 0.493 e. The van der Waals surface area contributed by atoms with Crippen molar-refractivity contribution in [1.29, 1.82) is 0 Å². The van der Waals surface area contributed by atoms with E-state index < -0.39 is 0 Å². The van der Waals surface area contributed by atoms with Crippen LogP contribution in [-0.4, -0.2) is 25.2 Å². The molecule has 112 valence electrons. The molecule has 1 aromatic heterocycles. The lowest BCUT2D eigenvalue weighted by molar-refractivity contribution is 0.355. The van der Waals surface area contributed by atoms with Crippen LogP contribution >= 0.6 is 22.9 Å². The number of halogens is 1. The summed E-state index contributed by atoms with van der Waals surface area (Å²) in [6.07, 6.45) is 4.49. The third-order valence-corrected chi connectivity index (χ3v) is 4.70. The fraction of sp³-hybridized carbons (Fsp3) is 0.400. The molecule has 4 nitrogen and oxygen atoms in total. The fourth-order valence-electron chi connectivity index (χ4n) is 2.10. The standard InChI is InChI=1S/C15H17ClN2O2S/c1-19-13-6-9(5-12(16)14(13)20-2)15-18-8-11(21-15)7-17-10-3-4-10/h5-6,8,10,17H,3-4,7H2,1-2H3. The second-order valence-corrected chi connectivity index (χ2v) is 6.50. The van der Waals surface area contributed by atoms with Crippen molar-refractivity contribution in [2.75, 3.05) is 14.2 Å². The highest BCUT2D eigenvalue weighted by Crippen LogP contribution is 2.40. The van der Waals surface area contributed by atoms with Crippen LogP contribution < -0.4 is 14.8 Å². The second kappa shape index (κ2) is 6.22. The Morgan fingerprint density at radius 2 is 2.14 bits per heavy atom. The normalized spacial score (nSPS) is 14.2. The molecule has 0 spiro atoms. The molecule has 2 aromatic rings. The maximum absolute atomic E-state index is 6.24. The lowest BCUT2D eigenvalue weighted by Gasteiger charge is -2.10. The predicted molar refractivity (Wildman–Crippen MR) is 85.5 cm³/mol. The topological polar surface area (TPSA) is 43.4 Å². The van der Waals surface area contributed by atoms with E-state index in [0.717, 1.165) is 17.1 Å². The van der Waals surface area contributed by atoms with Crippen LogP contribution in [0.2, 0.25) is 5.02 Å². The molecule has 1 fully saturated rings. The Morgan fingerprint density at radius 3 is 2.81 bits per heavy atom. The number of ether oxygens (including phenoxy) is 2. The smallest absolute Gasteiger partial charge is 0.179 e. The molecule has 1 heterocycles. The van der Waals surface area contributed by atoms with Crippen molar-refractivity contribution in [2.24, 2.45) is 0 Å². The molecule has 0 aliphatic heterocycles. The van der Waals surface area contributed by atoms with E-state index in [1.165, 1.54) is 17.7 Å². The molecule has 6 heteroatoms. The summed E-state index contributed by atoms with van der Waals surface area (Å²) < 4.78 is 10.6. The number of hydrogen-bond donors (Lipinski definition) is 1. The van der Waals surface area contributed by atoms with Gasteiger partial charge in [-0.1, -0.05) is 11.6 Å².